The maximum atomic E-state index is 13.7. The van der Waals surface area contributed by atoms with E-state index in [4.69, 9.17) is 10.5 Å². The second-order valence-electron chi connectivity index (χ2n) is 8.56. The van der Waals surface area contributed by atoms with Crippen LogP contribution in [0, 0.1) is 0 Å². The van der Waals surface area contributed by atoms with E-state index < -0.39 is 43.9 Å². The van der Waals surface area contributed by atoms with Crippen LogP contribution in [0.25, 0.3) is 10.9 Å². The van der Waals surface area contributed by atoms with Gasteiger partial charge in [0, 0.05) is 0 Å². The van der Waals surface area contributed by atoms with Crippen molar-refractivity contribution in [1.82, 2.24) is 9.29 Å². The van der Waals surface area contributed by atoms with Crippen molar-refractivity contribution >= 4 is 63.1 Å². The van der Waals surface area contributed by atoms with Gasteiger partial charge in [0.1, 0.15) is 0 Å². The third-order valence-electron chi connectivity index (χ3n) is 6.38. The van der Waals surface area contributed by atoms with Gasteiger partial charge < -0.3 is 0 Å². The molecule has 0 spiro atoms. The molecule has 0 bridgehead atoms. The molecule has 9 nitrogen and oxygen atoms in total. The Morgan fingerprint density at radius 2 is 2.00 bits per heavy atom. The van der Waals surface area contributed by atoms with Gasteiger partial charge in [-0.25, -0.2) is 0 Å². The number of ether oxygens (including phenoxy) is 1. The monoisotopic (exact) mass is 623 g/mol. The van der Waals surface area contributed by atoms with Crippen LogP contribution in [0.1, 0.15) is 26.3 Å². The number of aromatic amines is 1. The Labute approximate surface area is 216 Å². The van der Waals surface area contributed by atoms with Crippen molar-refractivity contribution in [2.75, 3.05) is 19.7 Å². The summed E-state index contributed by atoms with van der Waals surface area (Å²) in [6, 6.07) is 12.7. The summed E-state index contributed by atoms with van der Waals surface area (Å²) in [6.45, 7) is -0.0720. The summed E-state index contributed by atoms with van der Waals surface area (Å²) in [5, 5.41) is 10.9. The normalized spacial score (nSPS) is 23.2. The van der Waals surface area contributed by atoms with E-state index >= 15 is 0 Å². The SMILES string of the molecule is NC(=O)c1[nH]c2ccc(Br)cc2c1S(=O)(=O)N1CCOC(C(=O)[AsH]C2c3ccccc3CC2O)C1. The van der Waals surface area contributed by atoms with Gasteiger partial charge in [-0.1, -0.05) is 0 Å². The average molecular weight is 624 g/mol. The molecule has 1 fully saturated rings. The van der Waals surface area contributed by atoms with Gasteiger partial charge in [-0.15, -0.1) is 0 Å². The van der Waals surface area contributed by atoms with E-state index in [9.17, 15) is 23.1 Å². The molecule has 4 unspecified atom stereocenters. The van der Waals surface area contributed by atoms with Crippen molar-refractivity contribution in [2.45, 2.75) is 28.2 Å². The van der Waals surface area contributed by atoms with E-state index in [0.29, 0.717) is 21.8 Å². The van der Waals surface area contributed by atoms with Gasteiger partial charge in [0.2, 0.25) is 0 Å². The number of morpholine rings is 1. The minimum atomic E-state index is -4.18. The van der Waals surface area contributed by atoms with Crippen LogP contribution in [0.2, 0.25) is 0 Å². The predicted octanol–water partition coefficient (Wildman–Crippen LogP) is 1.04. The molecule has 0 radical (unpaired) electrons. The van der Waals surface area contributed by atoms with Crippen molar-refractivity contribution in [2.24, 2.45) is 5.73 Å². The fraction of sp³-hybridized carbons (Fsp3) is 0.304. The van der Waals surface area contributed by atoms with E-state index in [0.717, 1.165) is 11.1 Å². The number of H-pyrrole nitrogens is 1. The molecule has 2 heterocycles. The average Bonchev–Trinajstić information content (AvgIpc) is 3.37. The number of nitrogens with two attached hydrogens (primary N) is 1. The first-order chi connectivity index (χ1) is 16.7. The summed E-state index contributed by atoms with van der Waals surface area (Å²) in [7, 11) is -4.18. The Morgan fingerprint density at radius 3 is 2.77 bits per heavy atom. The molecular weight excluding hydrogens is 601 g/mol. The number of carbonyl (C=O) groups is 2. The number of amides is 1. The van der Waals surface area contributed by atoms with E-state index in [1.54, 1.807) is 18.2 Å². The van der Waals surface area contributed by atoms with Crippen LogP contribution >= 0.6 is 15.9 Å². The summed E-state index contributed by atoms with van der Waals surface area (Å²) >= 11 is 2.01. The number of aromatic nitrogens is 1. The van der Waals surface area contributed by atoms with Gasteiger partial charge in [0.25, 0.3) is 0 Å². The zero-order valence-electron chi connectivity index (χ0n) is 18.4. The first-order valence-corrected chi connectivity index (χ1v) is 15.4. The van der Waals surface area contributed by atoms with E-state index in [-0.39, 0.29) is 39.6 Å². The number of benzene rings is 2. The van der Waals surface area contributed by atoms with Gasteiger partial charge in [-0.3, -0.25) is 0 Å². The van der Waals surface area contributed by atoms with Crippen LogP contribution in [-0.4, -0.2) is 80.9 Å². The number of hydrogen-bond donors (Lipinski definition) is 3. The zero-order valence-corrected chi connectivity index (χ0v) is 22.9. The van der Waals surface area contributed by atoms with Gasteiger partial charge in [-0.05, 0) is 0 Å². The molecule has 4 N–H and O–H groups in total. The number of hydrogen-bond acceptors (Lipinski definition) is 6. The molecule has 12 heteroatoms. The van der Waals surface area contributed by atoms with E-state index in [2.05, 4.69) is 20.9 Å². The number of carbonyl (C=O) groups excluding carboxylic acids is 2. The van der Waals surface area contributed by atoms with Crippen LogP contribution in [0.5, 0.6) is 0 Å². The summed E-state index contributed by atoms with van der Waals surface area (Å²) in [5.74, 6) is -0.891. The zero-order chi connectivity index (χ0) is 24.9. The molecule has 2 aromatic carbocycles. The quantitative estimate of drug-likeness (QED) is 0.350. The molecular formula is C23H23AsBrN3O6S. The number of aliphatic hydroxyl groups excluding tert-OH is 1. The van der Waals surface area contributed by atoms with E-state index in [1.165, 1.54) is 4.31 Å². The molecule has 0 saturated carbocycles. The van der Waals surface area contributed by atoms with Gasteiger partial charge in [0.15, 0.2) is 0 Å². The first kappa shape index (κ1) is 24.7. The van der Waals surface area contributed by atoms with Gasteiger partial charge in [0.05, 0.1) is 0 Å². The van der Waals surface area contributed by atoms with Crippen LogP contribution < -0.4 is 5.73 Å². The Morgan fingerprint density at radius 1 is 1.23 bits per heavy atom. The van der Waals surface area contributed by atoms with Crippen molar-refractivity contribution < 1.29 is 27.9 Å². The maximum absolute atomic E-state index is 13.7. The Hall–Kier alpha value is -2.01. The molecule has 2 aliphatic rings. The fourth-order valence-electron chi connectivity index (χ4n) is 4.71. The van der Waals surface area contributed by atoms with Crippen molar-refractivity contribution in [1.29, 1.82) is 0 Å². The molecule has 184 valence electrons. The summed E-state index contributed by atoms with van der Waals surface area (Å²) in [5.41, 5.74) is 7.79. The second-order valence-corrected chi connectivity index (χ2v) is 14.3. The number of sulfonamides is 1. The number of rotatable bonds is 6. The number of aliphatic hydroxyl groups is 1. The van der Waals surface area contributed by atoms with Crippen molar-refractivity contribution in [3.8, 4) is 0 Å². The second kappa shape index (κ2) is 9.46. The third-order valence-corrected chi connectivity index (χ3v) is 12.2. The summed E-state index contributed by atoms with van der Waals surface area (Å²) in [4.78, 5) is 27.9. The number of nitrogens with zero attached hydrogens (tertiary/aromatic N) is 1. The molecule has 1 amide bonds. The molecule has 1 saturated heterocycles. The van der Waals surface area contributed by atoms with E-state index in [1.807, 2.05) is 24.3 Å². The number of halogens is 1. The molecule has 1 aliphatic carbocycles. The van der Waals surface area contributed by atoms with Crippen LogP contribution in [0.15, 0.2) is 51.8 Å². The van der Waals surface area contributed by atoms with Crippen LogP contribution in [0.3, 0.4) is 0 Å². The molecule has 3 aromatic rings. The van der Waals surface area contributed by atoms with Gasteiger partial charge >= 0.3 is 218 Å². The molecule has 1 aliphatic heterocycles. The molecule has 1 aromatic heterocycles. The minimum absolute atomic E-state index is 0.0415. The third kappa shape index (κ3) is 4.50. The fourth-order valence-corrected chi connectivity index (χ4v) is 9.80. The van der Waals surface area contributed by atoms with Crippen LogP contribution in [0.4, 0.5) is 0 Å². The predicted molar refractivity (Wildman–Crippen MR) is 134 cm³/mol. The summed E-state index contributed by atoms with van der Waals surface area (Å²) < 4.78 is 34.6. The summed E-state index contributed by atoms with van der Waals surface area (Å²) in [6.07, 6.45) is -1.04. The molecule has 5 rings (SSSR count). The number of fused-ring (bicyclic) bond motifs is 2. The van der Waals surface area contributed by atoms with Crippen molar-refractivity contribution in [3.05, 3.63) is 63.8 Å². The Kier molecular flexibility index (Phi) is 6.67. The van der Waals surface area contributed by atoms with Crippen LogP contribution in [-0.2, 0) is 26.0 Å². The van der Waals surface area contributed by atoms with Gasteiger partial charge in [-0.2, -0.15) is 0 Å². The van der Waals surface area contributed by atoms with Crippen molar-refractivity contribution in [3.63, 3.8) is 0 Å². The molecule has 35 heavy (non-hydrogen) atoms. The Bertz CT molecular complexity index is 1440. The number of primary amides is 1. The number of nitrogens with one attached hydrogen (secondary N) is 1. The molecule has 4 atom stereocenters. The first-order valence-electron chi connectivity index (χ1n) is 11.0. The standard InChI is InChI=1S/C23H23AsBrN3O6S/c25-13-5-6-16-15(10-13)21(20(27-16)23(26)31)35(32,33)28-7-8-34-18(11-28)22(30)24-19-14-4-2-1-3-12(14)9-17(19)29/h1-6,10,17-19,24,27,29H,7-9,11H2,(H2,26,31). The Balaban J connectivity index is 1.41. The topological polar surface area (TPSA) is 143 Å².